The standard InChI is InChI=1S/C15H20FNO2/c1-11(12-6-4-3-5-7-12)17-9-8-13(16)10-14(17)15(18)19-2/h3-7,11,13-14H,8-10H2,1-2H3. The van der Waals surface area contributed by atoms with Gasteiger partial charge in [-0.2, -0.15) is 0 Å². The van der Waals surface area contributed by atoms with Crippen LogP contribution in [-0.2, 0) is 9.53 Å². The lowest BCUT2D eigenvalue weighted by Crippen LogP contribution is -2.49. The van der Waals surface area contributed by atoms with Crippen molar-refractivity contribution in [2.75, 3.05) is 13.7 Å². The summed E-state index contributed by atoms with van der Waals surface area (Å²) in [6.07, 6.45) is -0.211. The number of carbonyl (C=O) groups is 1. The summed E-state index contributed by atoms with van der Waals surface area (Å²) in [7, 11) is 1.36. The average molecular weight is 265 g/mol. The van der Waals surface area contributed by atoms with E-state index < -0.39 is 12.2 Å². The van der Waals surface area contributed by atoms with Crippen molar-refractivity contribution >= 4 is 5.97 Å². The largest absolute Gasteiger partial charge is 0.468 e. The van der Waals surface area contributed by atoms with Crippen molar-refractivity contribution in [3.63, 3.8) is 0 Å². The van der Waals surface area contributed by atoms with Gasteiger partial charge in [-0.3, -0.25) is 9.69 Å². The number of hydrogen-bond acceptors (Lipinski definition) is 3. The third-order valence-corrected chi connectivity index (χ3v) is 3.83. The van der Waals surface area contributed by atoms with E-state index in [1.54, 1.807) is 0 Å². The molecule has 0 amide bonds. The molecule has 104 valence electrons. The lowest BCUT2D eigenvalue weighted by molar-refractivity contribution is -0.150. The van der Waals surface area contributed by atoms with Crippen molar-refractivity contribution in [3.8, 4) is 0 Å². The smallest absolute Gasteiger partial charge is 0.323 e. The van der Waals surface area contributed by atoms with Gasteiger partial charge in [0.25, 0.3) is 0 Å². The van der Waals surface area contributed by atoms with E-state index in [4.69, 9.17) is 4.74 Å². The van der Waals surface area contributed by atoms with Crippen molar-refractivity contribution in [2.45, 2.75) is 38.0 Å². The highest BCUT2D eigenvalue weighted by Crippen LogP contribution is 2.30. The topological polar surface area (TPSA) is 29.5 Å². The highest BCUT2D eigenvalue weighted by atomic mass is 19.1. The Kier molecular flexibility index (Phi) is 4.53. The van der Waals surface area contributed by atoms with Crippen molar-refractivity contribution < 1.29 is 13.9 Å². The second-order valence-electron chi connectivity index (χ2n) is 4.99. The van der Waals surface area contributed by atoms with Gasteiger partial charge in [-0.05, 0) is 18.9 Å². The normalized spacial score (nSPS) is 25.8. The van der Waals surface area contributed by atoms with E-state index in [9.17, 15) is 9.18 Å². The minimum Gasteiger partial charge on any atom is -0.468 e. The van der Waals surface area contributed by atoms with Gasteiger partial charge in [-0.25, -0.2) is 4.39 Å². The number of alkyl halides is 1. The Hall–Kier alpha value is -1.42. The Labute approximate surface area is 113 Å². The molecule has 4 heteroatoms. The molecule has 3 atom stereocenters. The van der Waals surface area contributed by atoms with E-state index >= 15 is 0 Å². The summed E-state index contributed by atoms with van der Waals surface area (Å²) in [4.78, 5) is 13.9. The first kappa shape index (κ1) is 14.0. The number of esters is 1. The Morgan fingerprint density at radius 1 is 1.42 bits per heavy atom. The molecule has 0 bridgehead atoms. The van der Waals surface area contributed by atoms with E-state index in [1.165, 1.54) is 7.11 Å². The van der Waals surface area contributed by atoms with Crippen molar-refractivity contribution in [3.05, 3.63) is 35.9 Å². The number of rotatable bonds is 3. The van der Waals surface area contributed by atoms with Gasteiger partial charge < -0.3 is 4.74 Å². The SMILES string of the molecule is COC(=O)C1CC(F)CCN1C(C)c1ccccc1. The number of halogens is 1. The summed E-state index contributed by atoms with van der Waals surface area (Å²) >= 11 is 0. The van der Waals surface area contributed by atoms with Crippen LogP contribution in [0.5, 0.6) is 0 Å². The number of piperidine rings is 1. The lowest BCUT2D eigenvalue weighted by Gasteiger charge is -2.39. The summed E-state index contributed by atoms with van der Waals surface area (Å²) in [5.41, 5.74) is 1.13. The van der Waals surface area contributed by atoms with Crippen LogP contribution in [0.15, 0.2) is 30.3 Å². The summed E-state index contributed by atoms with van der Waals surface area (Å²) in [6.45, 7) is 2.63. The first-order valence-corrected chi connectivity index (χ1v) is 6.66. The maximum Gasteiger partial charge on any atom is 0.323 e. The molecule has 1 aliphatic heterocycles. The molecule has 2 rings (SSSR count). The fourth-order valence-corrected chi connectivity index (χ4v) is 2.69. The monoisotopic (exact) mass is 265 g/mol. The first-order chi connectivity index (χ1) is 9.13. The minimum atomic E-state index is -0.914. The summed E-state index contributed by atoms with van der Waals surface area (Å²) < 4.78 is 18.3. The van der Waals surface area contributed by atoms with Crippen LogP contribution < -0.4 is 0 Å². The number of hydrogen-bond donors (Lipinski definition) is 0. The van der Waals surface area contributed by atoms with Crippen LogP contribution in [0.3, 0.4) is 0 Å². The number of nitrogens with zero attached hydrogens (tertiary/aromatic N) is 1. The zero-order chi connectivity index (χ0) is 13.8. The molecule has 1 aromatic carbocycles. The van der Waals surface area contributed by atoms with E-state index in [1.807, 2.05) is 42.2 Å². The molecule has 0 aliphatic carbocycles. The van der Waals surface area contributed by atoms with E-state index in [0.29, 0.717) is 13.0 Å². The first-order valence-electron chi connectivity index (χ1n) is 6.66. The number of likely N-dealkylation sites (tertiary alicyclic amines) is 1. The third-order valence-electron chi connectivity index (χ3n) is 3.83. The van der Waals surface area contributed by atoms with Crippen LogP contribution in [-0.4, -0.2) is 36.7 Å². The van der Waals surface area contributed by atoms with Gasteiger partial charge in [0.2, 0.25) is 0 Å². The molecule has 1 fully saturated rings. The summed E-state index contributed by atoms with van der Waals surface area (Å²) in [5.74, 6) is -0.342. The molecule has 0 aromatic heterocycles. The van der Waals surface area contributed by atoms with Crippen LogP contribution in [0.25, 0.3) is 0 Å². The van der Waals surface area contributed by atoms with Gasteiger partial charge in [-0.1, -0.05) is 30.3 Å². The molecule has 0 saturated carbocycles. The zero-order valence-corrected chi connectivity index (χ0v) is 11.4. The van der Waals surface area contributed by atoms with E-state index in [2.05, 4.69) is 0 Å². The third kappa shape index (κ3) is 3.13. The van der Waals surface area contributed by atoms with Crippen molar-refractivity contribution in [1.29, 1.82) is 0 Å². The maximum atomic E-state index is 13.5. The van der Waals surface area contributed by atoms with Crippen LogP contribution in [0.1, 0.15) is 31.4 Å². The number of methoxy groups -OCH3 is 1. The minimum absolute atomic E-state index is 0.0813. The summed E-state index contributed by atoms with van der Waals surface area (Å²) in [6, 6.07) is 9.56. The predicted molar refractivity (Wildman–Crippen MR) is 71.5 cm³/mol. The van der Waals surface area contributed by atoms with Crippen LogP contribution in [0, 0.1) is 0 Å². The molecule has 0 N–H and O–H groups in total. The second kappa shape index (κ2) is 6.15. The maximum absolute atomic E-state index is 13.5. The van der Waals surface area contributed by atoms with E-state index in [-0.39, 0.29) is 18.4 Å². The van der Waals surface area contributed by atoms with Gasteiger partial charge in [-0.15, -0.1) is 0 Å². The lowest BCUT2D eigenvalue weighted by atomic mass is 9.96. The Morgan fingerprint density at radius 3 is 2.74 bits per heavy atom. The Balaban J connectivity index is 2.18. The zero-order valence-electron chi connectivity index (χ0n) is 11.4. The highest BCUT2D eigenvalue weighted by molar-refractivity contribution is 5.76. The molecule has 0 spiro atoms. The number of benzene rings is 1. The van der Waals surface area contributed by atoms with Gasteiger partial charge in [0.15, 0.2) is 0 Å². The van der Waals surface area contributed by atoms with Gasteiger partial charge in [0.05, 0.1) is 7.11 Å². The molecule has 1 aliphatic rings. The van der Waals surface area contributed by atoms with Gasteiger partial charge >= 0.3 is 5.97 Å². The van der Waals surface area contributed by atoms with Crippen molar-refractivity contribution in [1.82, 2.24) is 4.90 Å². The molecule has 19 heavy (non-hydrogen) atoms. The quantitative estimate of drug-likeness (QED) is 0.787. The molecule has 1 heterocycles. The van der Waals surface area contributed by atoms with E-state index in [0.717, 1.165) is 5.56 Å². The molecular weight excluding hydrogens is 245 g/mol. The molecule has 3 unspecified atom stereocenters. The summed E-state index contributed by atoms with van der Waals surface area (Å²) in [5, 5.41) is 0. The Morgan fingerprint density at radius 2 is 2.11 bits per heavy atom. The van der Waals surface area contributed by atoms with Gasteiger partial charge in [0, 0.05) is 19.0 Å². The fraction of sp³-hybridized carbons (Fsp3) is 0.533. The molecular formula is C15H20FNO2. The second-order valence-corrected chi connectivity index (χ2v) is 4.99. The average Bonchev–Trinajstić information content (AvgIpc) is 2.46. The van der Waals surface area contributed by atoms with Crippen LogP contribution in [0.4, 0.5) is 4.39 Å². The molecule has 1 aromatic rings. The molecule has 3 nitrogen and oxygen atoms in total. The molecule has 1 saturated heterocycles. The number of ether oxygens (including phenoxy) is 1. The van der Waals surface area contributed by atoms with Crippen molar-refractivity contribution in [2.24, 2.45) is 0 Å². The predicted octanol–water partition coefficient (Wildman–Crippen LogP) is 2.72. The molecule has 0 radical (unpaired) electrons. The highest BCUT2D eigenvalue weighted by Gasteiger charge is 2.36. The van der Waals surface area contributed by atoms with Crippen LogP contribution >= 0.6 is 0 Å². The number of carbonyl (C=O) groups excluding carboxylic acids is 1. The Bertz CT molecular complexity index is 423. The van der Waals surface area contributed by atoms with Gasteiger partial charge in [0.1, 0.15) is 12.2 Å². The van der Waals surface area contributed by atoms with Crippen LogP contribution in [0.2, 0.25) is 0 Å². The fourth-order valence-electron chi connectivity index (χ4n) is 2.69.